The normalized spacial score (nSPS) is 17.3. The van der Waals surface area contributed by atoms with E-state index in [0.717, 1.165) is 40.7 Å². The Labute approximate surface area is 138 Å². The Hall–Kier alpha value is -1.65. The number of sulfonamides is 1. The van der Waals surface area contributed by atoms with Gasteiger partial charge in [0.25, 0.3) is 0 Å². The maximum Gasteiger partial charge on any atom is 0.241 e. The fourth-order valence-electron chi connectivity index (χ4n) is 3.51. The molecule has 0 saturated heterocycles. The number of aryl methyl sites for hydroxylation is 3. The third-order valence-corrected chi connectivity index (χ3v) is 6.74. The molecule has 2 aromatic carbocycles. The lowest BCUT2D eigenvalue weighted by Gasteiger charge is -2.19. The Kier molecular flexibility index (Phi) is 4.07. The van der Waals surface area contributed by atoms with E-state index in [9.17, 15) is 8.42 Å². The summed E-state index contributed by atoms with van der Waals surface area (Å²) in [6.45, 7) is 7.70. The minimum Gasteiger partial charge on any atom is -0.207 e. The van der Waals surface area contributed by atoms with E-state index in [1.165, 1.54) is 5.56 Å². The fraction of sp³-hybridized carbons (Fsp3) is 0.368. The molecule has 0 aliphatic heterocycles. The highest BCUT2D eigenvalue weighted by Crippen LogP contribution is 2.33. The largest absolute Gasteiger partial charge is 0.241 e. The lowest BCUT2D eigenvalue weighted by atomic mass is 10.0. The van der Waals surface area contributed by atoms with Gasteiger partial charge in [0.1, 0.15) is 0 Å². The molecule has 0 fully saturated rings. The van der Waals surface area contributed by atoms with Crippen LogP contribution in [0.5, 0.6) is 0 Å². The number of benzene rings is 2. The fourth-order valence-corrected chi connectivity index (χ4v) is 5.37. The summed E-state index contributed by atoms with van der Waals surface area (Å²) in [6.07, 6.45) is 1.75. The zero-order valence-electron chi connectivity index (χ0n) is 14.1. The number of fused-ring (bicyclic) bond motifs is 1. The van der Waals surface area contributed by atoms with Crippen molar-refractivity contribution in [2.45, 2.75) is 51.5 Å². The summed E-state index contributed by atoms with van der Waals surface area (Å²) in [4.78, 5) is 0.444. The van der Waals surface area contributed by atoms with Crippen molar-refractivity contribution >= 4 is 10.0 Å². The van der Waals surface area contributed by atoms with Crippen LogP contribution in [0, 0.1) is 27.7 Å². The van der Waals surface area contributed by atoms with E-state index in [4.69, 9.17) is 0 Å². The Morgan fingerprint density at radius 2 is 1.61 bits per heavy atom. The molecule has 3 nitrogen and oxygen atoms in total. The van der Waals surface area contributed by atoms with E-state index >= 15 is 0 Å². The number of rotatable bonds is 3. The molecule has 23 heavy (non-hydrogen) atoms. The second-order valence-corrected chi connectivity index (χ2v) is 8.15. The highest BCUT2D eigenvalue weighted by atomic mass is 32.2. The van der Waals surface area contributed by atoms with Crippen LogP contribution in [0.25, 0.3) is 0 Å². The summed E-state index contributed by atoms with van der Waals surface area (Å²) >= 11 is 0. The van der Waals surface area contributed by atoms with E-state index in [-0.39, 0.29) is 6.04 Å². The minimum atomic E-state index is -3.54. The van der Waals surface area contributed by atoms with Crippen LogP contribution >= 0.6 is 0 Å². The molecule has 0 saturated carbocycles. The van der Waals surface area contributed by atoms with Gasteiger partial charge >= 0.3 is 0 Å². The summed E-state index contributed by atoms with van der Waals surface area (Å²) in [5, 5.41) is 0. The van der Waals surface area contributed by atoms with Crippen molar-refractivity contribution in [3.8, 4) is 0 Å². The number of hydrogen-bond donors (Lipinski definition) is 1. The van der Waals surface area contributed by atoms with Crippen LogP contribution in [0.4, 0.5) is 0 Å². The van der Waals surface area contributed by atoms with E-state index < -0.39 is 10.0 Å². The van der Waals surface area contributed by atoms with Crippen LogP contribution in [-0.4, -0.2) is 8.42 Å². The Morgan fingerprint density at radius 1 is 1.00 bits per heavy atom. The van der Waals surface area contributed by atoms with Gasteiger partial charge in [0.05, 0.1) is 4.90 Å². The standard InChI is InChI=1S/C19H23NO2S/c1-12-11-13(2)15(4)19(14(12)3)23(21,22)20-18-10-9-16-7-5-6-8-17(16)18/h5-8,11,18,20H,9-10H2,1-4H3/t18-/m0/s1. The van der Waals surface area contributed by atoms with Gasteiger partial charge in [-0.1, -0.05) is 30.3 Å². The maximum atomic E-state index is 13.0. The summed E-state index contributed by atoms with van der Waals surface area (Å²) in [6, 6.07) is 10.0. The number of nitrogens with one attached hydrogen (secondary N) is 1. The van der Waals surface area contributed by atoms with Gasteiger partial charge in [0.2, 0.25) is 10.0 Å². The molecule has 4 heteroatoms. The van der Waals surface area contributed by atoms with Gasteiger partial charge in [-0.15, -0.1) is 0 Å². The first-order valence-corrected chi connectivity index (χ1v) is 9.47. The Morgan fingerprint density at radius 3 is 2.26 bits per heavy atom. The zero-order chi connectivity index (χ0) is 16.8. The summed E-state index contributed by atoms with van der Waals surface area (Å²) in [7, 11) is -3.54. The van der Waals surface area contributed by atoms with Crippen LogP contribution in [0.2, 0.25) is 0 Å². The third kappa shape index (κ3) is 2.81. The van der Waals surface area contributed by atoms with Gasteiger partial charge in [0.15, 0.2) is 0 Å². The average molecular weight is 329 g/mol. The highest BCUT2D eigenvalue weighted by molar-refractivity contribution is 7.89. The van der Waals surface area contributed by atoms with Crippen molar-refractivity contribution in [1.82, 2.24) is 4.72 Å². The molecule has 1 N–H and O–H groups in total. The smallest absolute Gasteiger partial charge is 0.207 e. The Bertz CT molecular complexity index is 843. The van der Waals surface area contributed by atoms with Crippen LogP contribution < -0.4 is 4.72 Å². The summed E-state index contributed by atoms with van der Waals surface area (Å²) < 4.78 is 29.0. The molecule has 1 aliphatic rings. The van der Waals surface area contributed by atoms with Gasteiger partial charge in [-0.05, 0) is 73.9 Å². The molecule has 3 rings (SSSR count). The topological polar surface area (TPSA) is 46.2 Å². The molecule has 0 amide bonds. The second kappa shape index (κ2) is 5.77. The van der Waals surface area contributed by atoms with Crippen LogP contribution in [0.3, 0.4) is 0 Å². The van der Waals surface area contributed by atoms with Crippen LogP contribution in [0.1, 0.15) is 45.8 Å². The van der Waals surface area contributed by atoms with Crippen molar-refractivity contribution in [2.24, 2.45) is 0 Å². The van der Waals surface area contributed by atoms with Crippen molar-refractivity contribution < 1.29 is 8.42 Å². The van der Waals surface area contributed by atoms with E-state index in [1.807, 2.05) is 45.9 Å². The van der Waals surface area contributed by atoms with Gasteiger partial charge in [0, 0.05) is 6.04 Å². The highest BCUT2D eigenvalue weighted by Gasteiger charge is 2.29. The molecule has 0 heterocycles. The third-order valence-electron chi connectivity index (χ3n) is 5.00. The van der Waals surface area contributed by atoms with Crippen molar-refractivity contribution in [2.75, 3.05) is 0 Å². The quantitative estimate of drug-likeness (QED) is 0.928. The van der Waals surface area contributed by atoms with E-state index in [2.05, 4.69) is 16.9 Å². The molecule has 0 spiro atoms. The Balaban J connectivity index is 2.02. The maximum absolute atomic E-state index is 13.0. The molecular formula is C19H23NO2S. The van der Waals surface area contributed by atoms with Crippen LogP contribution in [-0.2, 0) is 16.4 Å². The molecule has 0 bridgehead atoms. The summed E-state index contributed by atoms with van der Waals surface area (Å²) in [5.41, 5.74) is 6.06. The first-order chi connectivity index (χ1) is 10.8. The second-order valence-electron chi connectivity index (χ2n) is 6.50. The van der Waals surface area contributed by atoms with E-state index in [1.54, 1.807) is 0 Å². The van der Waals surface area contributed by atoms with Crippen molar-refractivity contribution in [3.05, 3.63) is 63.7 Å². The molecule has 2 aromatic rings. The van der Waals surface area contributed by atoms with Gasteiger partial charge in [-0.25, -0.2) is 13.1 Å². The zero-order valence-corrected chi connectivity index (χ0v) is 14.9. The van der Waals surface area contributed by atoms with E-state index in [0.29, 0.717) is 4.90 Å². The monoisotopic (exact) mass is 329 g/mol. The molecule has 1 aliphatic carbocycles. The van der Waals surface area contributed by atoms with Crippen LogP contribution in [0.15, 0.2) is 35.2 Å². The first kappa shape index (κ1) is 16.2. The first-order valence-electron chi connectivity index (χ1n) is 7.99. The van der Waals surface area contributed by atoms with Gasteiger partial charge in [-0.3, -0.25) is 0 Å². The molecule has 1 atom stereocenters. The predicted octanol–water partition coefficient (Wildman–Crippen LogP) is 3.89. The van der Waals surface area contributed by atoms with Gasteiger partial charge < -0.3 is 0 Å². The van der Waals surface area contributed by atoms with Crippen molar-refractivity contribution in [1.29, 1.82) is 0 Å². The summed E-state index contributed by atoms with van der Waals surface area (Å²) in [5.74, 6) is 0. The molecule has 0 aromatic heterocycles. The molecule has 122 valence electrons. The predicted molar refractivity (Wildman–Crippen MR) is 93.2 cm³/mol. The van der Waals surface area contributed by atoms with Crippen molar-refractivity contribution in [3.63, 3.8) is 0 Å². The number of hydrogen-bond acceptors (Lipinski definition) is 2. The SMILES string of the molecule is Cc1cc(C)c(C)c(S(=O)(=O)N[C@H]2CCc3ccccc32)c1C. The molecule has 0 unspecified atom stereocenters. The lowest BCUT2D eigenvalue weighted by Crippen LogP contribution is -2.29. The lowest BCUT2D eigenvalue weighted by molar-refractivity contribution is 0.553. The molecular weight excluding hydrogens is 306 g/mol. The molecule has 0 radical (unpaired) electrons. The average Bonchev–Trinajstić information content (AvgIpc) is 2.88. The van der Waals surface area contributed by atoms with Gasteiger partial charge in [-0.2, -0.15) is 0 Å². The minimum absolute atomic E-state index is 0.129.